The van der Waals surface area contributed by atoms with Crippen molar-refractivity contribution < 1.29 is 4.79 Å². The van der Waals surface area contributed by atoms with Gasteiger partial charge < -0.3 is 10.3 Å². The van der Waals surface area contributed by atoms with E-state index in [1.807, 2.05) is 18.2 Å². The number of H-pyrrole nitrogens is 1. The lowest BCUT2D eigenvalue weighted by Crippen LogP contribution is -2.30. The number of aromatic nitrogens is 1. The Morgan fingerprint density at radius 2 is 2.00 bits per heavy atom. The van der Waals surface area contributed by atoms with Crippen LogP contribution in [0.25, 0.3) is 11.1 Å². The molecule has 4 heteroatoms. The highest BCUT2D eigenvalue weighted by molar-refractivity contribution is 6.07. The predicted octanol–water partition coefficient (Wildman–Crippen LogP) is 3.32. The molecule has 1 amide bonds. The number of fused-ring (bicyclic) bond motifs is 2. The maximum atomic E-state index is 12.4. The molecule has 2 N–H and O–H groups in total. The summed E-state index contributed by atoms with van der Waals surface area (Å²) in [6, 6.07) is 10.1. The molecular weight excluding hydrogens is 262 g/mol. The summed E-state index contributed by atoms with van der Waals surface area (Å²) in [4.78, 5) is 15.4. The van der Waals surface area contributed by atoms with Gasteiger partial charge in [0, 0.05) is 17.4 Å². The van der Waals surface area contributed by atoms with E-state index in [9.17, 15) is 4.79 Å². The molecule has 1 aliphatic carbocycles. The molecule has 0 saturated heterocycles. The molecule has 1 spiro atoms. The molecular formula is C17H15N3O. The smallest absolute Gasteiger partial charge is 0.235 e. The molecule has 104 valence electrons. The number of hydrogen-bond donors (Lipinski definition) is 2. The Morgan fingerprint density at radius 3 is 2.76 bits per heavy atom. The minimum absolute atomic E-state index is 0.140. The van der Waals surface area contributed by atoms with Crippen LogP contribution in [0.2, 0.25) is 0 Å². The second kappa shape index (κ2) is 4.23. The van der Waals surface area contributed by atoms with Crippen LogP contribution < -0.4 is 5.32 Å². The number of anilines is 1. The van der Waals surface area contributed by atoms with Gasteiger partial charge in [0.1, 0.15) is 11.8 Å². The van der Waals surface area contributed by atoms with E-state index in [1.54, 1.807) is 6.20 Å². The molecule has 2 aliphatic rings. The number of nitrogens with zero attached hydrogens (tertiary/aromatic N) is 1. The van der Waals surface area contributed by atoms with Crippen molar-refractivity contribution in [2.45, 2.75) is 31.1 Å². The third kappa shape index (κ3) is 1.58. The minimum atomic E-state index is -0.339. The van der Waals surface area contributed by atoms with Crippen LogP contribution in [0, 0.1) is 11.3 Å². The first-order valence-electron chi connectivity index (χ1n) is 7.28. The Hall–Kier alpha value is -2.54. The largest absolute Gasteiger partial charge is 0.353 e. The molecule has 1 aromatic carbocycles. The van der Waals surface area contributed by atoms with E-state index in [4.69, 9.17) is 5.26 Å². The molecule has 2 heterocycles. The standard InChI is InChI=1S/C17H15N3O/c18-10-15-12(5-8-19-15)11-3-4-14-13(9-11)17(16(21)20-14)6-1-2-7-17/h3-5,8-9,19H,1-2,6-7H2,(H,20,21). The maximum Gasteiger partial charge on any atom is 0.235 e. The van der Waals surface area contributed by atoms with Crippen molar-refractivity contribution in [1.82, 2.24) is 4.98 Å². The number of hydrogen-bond acceptors (Lipinski definition) is 2. The third-order valence-electron chi connectivity index (χ3n) is 4.84. The molecule has 0 radical (unpaired) electrons. The van der Waals surface area contributed by atoms with Gasteiger partial charge in [-0.1, -0.05) is 18.9 Å². The molecule has 21 heavy (non-hydrogen) atoms. The lowest BCUT2D eigenvalue weighted by molar-refractivity contribution is -0.120. The molecule has 1 aliphatic heterocycles. The topological polar surface area (TPSA) is 68.7 Å². The van der Waals surface area contributed by atoms with E-state index in [0.717, 1.165) is 48.1 Å². The summed E-state index contributed by atoms with van der Waals surface area (Å²) in [5.74, 6) is 0.140. The highest BCUT2D eigenvalue weighted by Gasteiger charge is 2.48. The van der Waals surface area contributed by atoms with Gasteiger partial charge in [-0.3, -0.25) is 4.79 Å². The van der Waals surface area contributed by atoms with E-state index >= 15 is 0 Å². The van der Waals surface area contributed by atoms with Crippen molar-refractivity contribution in [3.05, 3.63) is 41.7 Å². The van der Waals surface area contributed by atoms with Crippen LogP contribution in [0.4, 0.5) is 5.69 Å². The normalized spacial score (nSPS) is 18.5. The van der Waals surface area contributed by atoms with Crippen molar-refractivity contribution >= 4 is 11.6 Å². The van der Waals surface area contributed by atoms with Gasteiger partial charge in [0.05, 0.1) is 5.41 Å². The number of carbonyl (C=O) groups is 1. The fourth-order valence-corrected chi connectivity index (χ4v) is 3.76. The van der Waals surface area contributed by atoms with Gasteiger partial charge in [0.2, 0.25) is 5.91 Å². The number of nitriles is 1. The van der Waals surface area contributed by atoms with Gasteiger partial charge >= 0.3 is 0 Å². The first kappa shape index (κ1) is 12.2. The van der Waals surface area contributed by atoms with Crippen LogP contribution in [0.15, 0.2) is 30.5 Å². The zero-order valence-corrected chi connectivity index (χ0v) is 11.6. The molecule has 1 aromatic heterocycles. The van der Waals surface area contributed by atoms with Crippen molar-refractivity contribution in [1.29, 1.82) is 5.26 Å². The molecule has 0 bridgehead atoms. The monoisotopic (exact) mass is 277 g/mol. The Bertz CT molecular complexity index is 776. The second-order valence-electron chi connectivity index (χ2n) is 5.88. The van der Waals surface area contributed by atoms with Crippen LogP contribution in [0.3, 0.4) is 0 Å². The van der Waals surface area contributed by atoms with Crippen LogP contribution in [0.1, 0.15) is 36.9 Å². The molecule has 0 atom stereocenters. The molecule has 4 rings (SSSR count). The van der Waals surface area contributed by atoms with E-state index < -0.39 is 0 Å². The third-order valence-corrected chi connectivity index (χ3v) is 4.84. The highest BCUT2D eigenvalue weighted by Crippen LogP contribution is 2.49. The second-order valence-corrected chi connectivity index (χ2v) is 5.88. The average Bonchev–Trinajstić information content (AvgIpc) is 3.21. The maximum absolute atomic E-state index is 12.4. The first-order chi connectivity index (χ1) is 10.2. The van der Waals surface area contributed by atoms with Gasteiger partial charge in [-0.2, -0.15) is 5.26 Å². The zero-order chi connectivity index (χ0) is 14.4. The lowest BCUT2D eigenvalue weighted by Gasteiger charge is -2.21. The van der Waals surface area contributed by atoms with Gasteiger partial charge in [-0.25, -0.2) is 0 Å². The van der Waals surface area contributed by atoms with Gasteiger partial charge in [-0.05, 0) is 42.2 Å². The van der Waals surface area contributed by atoms with Gasteiger partial charge in [0.15, 0.2) is 0 Å². The lowest BCUT2D eigenvalue weighted by atomic mass is 9.79. The van der Waals surface area contributed by atoms with Crippen LogP contribution >= 0.6 is 0 Å². The molecule has 1 fully saturated rings. The Kier molecular flexibility index (Phi) is 2.46. The van der Waals surface area contributed by atoms with Crippen molar-refractivity contribution in [3.63, 3.8) is 0 Å². The number of benzene rings is 1. The van der Waals surface area contributed by atoms with Crippen molar-refractivity contribution in [2.24, 2.45) is 0 Å². The quantitative estimate of drug-likeness (QED) is 0.839. The fraction of sp³-hybridized carbons (Fsp3) is 0.294. The number of nitrogens with one attached hydrogen (secondary N) is 2. The molecule has 0 unspecified atom stereocenters. The van der Waals surface area contributed by atoms with E-state index in [-0.39, 0.29) is 11.3 Å². The first-order valence-corrected chi connectivity index (χ1v) is 7.28. The average molecular weight is 277 g/mol. The summed E-state index contributed by atoms with van der Waals surface area (Å²) >= 11 is 0. The van der Waals surface area contributed by atoms with E-state index in [0.29, 0.717) is 5.69 Å². The number of carbonyl (C=O) groups excluding carboxylic acids is 1. The Labute approximate surface area is 122 Å². The summed E-state index contributed by atoms with van der Waals surface area (Å²) in [7, 11) is 0. The van der Waals surface area contributed by atoms with Crippen LogP contribution in [-0.4, -0.2) is 10.9 Å². The summed E-state index contributed by atoms with van der Waals surface area (Å²) < 4.78 is 0. The van der Waals surface area contributed by atoms with E-state index in [2.05, 4.69) is 22.4 Å². The number of rotatable bonds is 1. The Balaban J connectivity index is 1.87. The number of aromatic amines is 1. The molecule has 1 saturated carbocycles. The summed E-state index contributed by atoms with van der Waals surface area (Å²) in [6.45, 7) is 0. The minimum Gasteiger partial charge on any atom is -0.353 e. The summed E-state index contributed by atoms with van der Waals surface area (Å²) in [6.07, 6.45) is 5.83. The van der Waals surface area contributed by atoms with Gasteiger partial charge in [0.25, 0.3) is 0 Å². The van der Waals surface area contributed by atoms with Crippen molar-refractivity contribution in [2.75, 3.05) is 5.32 Å². The van der Waals surface area contributed by atoms with Gasteiger partial charge in [-0.15, -0.1) is 0 Å². The van der Waals surface area contributed by atoms with E-state index in [1.165, 1.54) is 0 Å². The van der Waals surface area contributed by atoms with Crippen LogP contribution in [-0.2, 0) is 10.2 Å². The summed E-state index contributed by atoms with van der Waals surface area (Å²) in [5, 5.41) is 12.2. The Morgan fingerprint density at radius 1 is 1.19 bits per heavy atom. The fourth-order valence-electron chi connectivity index (χ4n) is 3.76. The molecule has 4 nitrogen and oxygen atoms in total. The zero-order valence-electron chi connectivity index (χ0n) is 11.6. The predicted molar refractivity (Wildman–Crippen MR) is 79.7 cm³/mol. The molecule has 2 aromatic rings. The van der Waals surface area contributed by atoms with Crippen molar-refractivity contribution in [3.8, 4) is 17.2 Å². The SMILES string of the molecule is N#Cc1[nH]ccc1-c1ccc2c(c1)C1(CCCC1)C(=O)N2. The van der Waals surface area contributed by atoms with Crippen LogP contribution in [0.5, 0.6) is 0 Å². The summed E-state index contributed by atoms with van der Waals surface area (Å²) in [5.41, 5.74) is 4.15. The highest BCUT2D eigenvalue weighted by atomic mass is 16.2. The number of amides is 1.